The summed E-state index contributed by atoms with van der Waals surface area (Å²) in [5.41, 5.74) is 1.00. The predicted octanol–water partition coefficient (Wildman–Crippen LogP) is 3.56. The number of nitrogens with zero attached hydrogens (tertiary/aromatic N) is 1. The third-order valence-corrected chi connectivity index (χ3v) is 6.84. The first-order valence-electron chi connectivity index (χ1n) is 8.41. The average Bonchev–Trinajstić information content (AvgIpc) is 2.88. The van der Waals surface area contributed by atoms with Crippen molar-refractivity contribution in [2.75, 3.05) is 0 Å². The third-order valence-electron chi connectivity index (χ3n) is 4.89. The maximum absolute atomic E-state index is 13.3. The van der Waals surface area contributed by atoms with Crippen LogP contribution in [0.5, 0.6) is 0 Å². The summed E-state index contributed by atoms with van der Waals surface area (Å²) in [4.78, 5) is 12.6. The zero-order valence-corrected chi connectivity index (χ0v) is 15.7. The summed E-state index contributed by atoms with van der Waals surface area (Å²) >= 11 is 0. The van der Waals surface area contributed by atoms with Crippen molar-refractivity contribution in [3.8, 4) is 0 Å². The van der Waals surface area contributed by atoms with Crippen LogP contribution in [0, 0.1) is 18.8 Å². The molecule has 0 saturated carbocycles. The van der Waals surface area contributed by atoms with E-state index >= 15 is 0 Å². The lowest BCUT2D eigenvalue weighted by Gasteiger charge is -2.30. The summed E-state index contributed by atoms with van der Waals surface area (Å²) in [7, 11) is -3.72. The minimum absolute atomic E-state index is 0.0349. The third kappa shape index (κ3) is 3.47. The molecule has 5 heteroatoms. The summed E-state index contributed by atoms with van der Waals surface area (Å²) < 4.78 is 28.0. The molecule has 0 N–H and O–H groups in total. The number of carbonyl (C=O) groups excluding carboxylic acids is 1. The van der Waals surface area contributed by atoms with Gasteiger partial charge in [0.1, 0.15) is 5.78 Å². The normalized spacial score (nSPS) is 25.1. The van der Waals surface area contributed by atoms with Gasteiger partial charge < -0.3 is 0 Å². The molecule has 1 aliphatic heterocycles. The highest BCUT2D eigenvalue weighted by atomic mass is 32.2. The van der Waals surface area contributed by atoms with Gasteiger partial charge in [0.05, 0.1) is 10.9 Å². The Bertz CT molecular complexity index is 707. The van der Waals surface area contributed by atoms with Crippen LogP contribution in [-0.2, 0) is 14.8 Å². The molecule has 2 rings (SSSR count). The molecule has 1 aromatic carbocycles. The lowest BCUT2D eigenvalue weighted by atomic mass is 9.86. The highest BCUT2D eigenvalue weighted by Gasteiger charge is 2.50. The van der Waals surface area contributed by atoms with E-state index in [-0.39, 0.29) is 28.6 Å². The maximum atomic E-state index is 13.3. The molecule has 1 aliphatic rings. The van der Waals surface area contributed by atoms with Gasteiger partial charge in [0.25, 0.3) is 0 Å². The number of Topliss-reactive ketones (excluding diaryl/α,β-unsaturated/α-hetero) is 1. The Morgan fingerprint density at radius 3 is 2.38 bits per heavy atom. The molecule has 1 aromatic rings. The Morgan fingerprint density at radius 1 is 1.33 bits per heavy atom. The molecule has 0 aromatic heterocycles. The van der Waals surface area contributed by atoms with Crippen molar-refractivity contribution < 1.29 is 13.2 Å². The summed E-state index contributed by atoms with van der Waals surface area (Å²) in [6.45, 7) is 11.3. The van der Waals surface area contributed by atoms with Crippen molar-refractivity contribution in [2.45, 2.75) is 57.5 Å². The zero-order chi connectivity index (χ0) is 18.1. The first-order valence-corrected chi connectivity index (χ1v) is 9.85. The van der Waals surface area contributed by atoms with Crippen LogP contribution in [0.4, 0.5) is 0 Å². The summed E-state index contributed by atoms with van der Waals surface area (Å²) in [6, 6.07) is 6.00. The van der Waals surface area contributed by atoms with Gasteiger partial charge in [-0.25, -0.2) is 8.42 Å². The molecule has 4 nitrogen and oxygen atoms in total. The Labute approximate surface area is 145 Å². The average molecular weight is 349 g/mol. The number of ketones is 1. The van der Waals surface area contributed by atoms with Crippen LogP contribution in [0.2, 0.25) is 0 Å². The molecule has 1 fully saturated rings. The fourth-order valence-electron chi connectivity index (χ4n) is 3.65. The van der Waals surface area contributed by atoms with Gasteiger partial charge in [-0.15, -0.1) is 6.58 Å². The van der Waals surface area contributed by atoms with E-state index < -0.39 is 16.1 Å². The monoisotopic (exact) mass is 349 g/mol. The molecule has 0 bridgehead atoms. The standard InChI is InChI=1S/C19H27NO3S/c1-6-7-16-12-18(13(2)3)19(15(5)21)20(16)24(22,23)17-10-8-14(4)9-11-17/h6,8-11,13,16,18-19H,1,7,12H2,2-5H3/t16-,18+,19-/m0/s1. The van der Waals surface area contributed by atoms with Gasteiger partial charge in [0, 0.05) is 6.04 Å². The molecule has 0 radical (unpaired) electrons. The van der Waals surface area contributed by atoms with Gasteiger partial charge in [-0.1, -0.05) is 37.6 Å². The molecule has 0 aliphatic carbocycles. The Morgan fingerprint density at radius 2 is 1.92 bits per heavy atom. The van der Waals surface area contributed by atoms with E-state index in [1.807, 2.05) is 20.8 Å². The Hall–Kier alpha value is -1.46. The van der Waals surface area contributed by atoms with Crippen LogP contribution in [0.1, 0.15) is 39.2 Å². The number of carbonyl (C=O) groups is 1. The van der Waals surface area contributed by atoms with E-state index in [4.69, 9.17) is 0 Å². The van der Waals surface area contributed by atoms with Crippen LogP contribution >= 0.6 is 0 Å². The molecule has 132 valence electrons. The van der Waals surface area contributed by atoms with Gasteiger partial charge in [0.15, 0.2) is 0 Å². The number of hydrogen-bond acceptors (Lipinski definition) is 3. The van der Waals surface area contributed by atoms with Crippen LogP contribution in [0.15, 0.2) is 41.8 Å². The Kier molecular flexibility index (Phi) is 5.66. The minimum Gasteiger partial charge on any atom is -0.298 e. The smallest absolute Gasteiger partial charge is 0.244 e. The van der Waals surface area contributed by atoms with E-state index in [1.165, 1.54) is 11.2 Å². The van der Waals surface area contributed by atoms with Gasteiger partial charge in [0.2, 0.25) is 10.0 Å². The van der Waals surface area contributed by atoms with Crippen molar-refractivity contribution in [3.05, 3.63) is 42.5 Å². The van der Waals surface area contributed by atoms with Crippen LogP contribution in [0.3, 0.4) is 0 Å². The summed E-state index contributed by atoms with van der Waals surface area (Å²) in [5, 5.41) is 0. The highest BCUT2D eigenvalue weighted by Crippen LogP contribution is 2.40. The predicted molar refractivity (Wildman–Crippen MR) is 96.2 cm³/mol. The molecule has 0 spiro atoms. The first-order chi connectivity index (χ1) is 11.2. The molecular weight excluding hydrogens is 322 g/mol. The second-order valence-corrected chi connectivity index (χ2v) is 8.87. The molecule has 0 unspecified atom stereocenters. The molecule has 24 heavy (non-hydrogen) atoms. The van der Waals surface area contributed by atoms with E-state index in [2.05, 4.69) is 6.58 Å². The molecule has 1 heterocycles. The van der Waals surface area contributed by atoms with Crippen LogP contribution in [-0.4, -0.2) is 30.6 Å². The van der Waals surface area contributed by atoms with E-state index in [1.54, 1.807) is 30.3 Å². The lowest BCUT2D eigenvalue weighted by Crippen LogP contribution is -2.46. The van der Waals surface area contributed by atoms with E-state index in [0.29, 0.717) is 12.8 Å². The zero-order valence-electron chi connectivity index (χ0n) is 14.9. The number of sulfonamides is 1. The van der Waals surface area contributed by atoms with Crippen molar-refractivity contribution >= 4 is 15.8 Å². The van der Waals surface area contributed by atoms with Crippen LogP contribution < -0.4 is 0 Å². The molecule has 3 atom stereocenters. The van der Waals surface area contributed by atoms with Gasteiger partial charge in [-0.3, -0.25) is 4.79 Å². The van der Waals surface area contributed by atoms with Crippen molar-refractivity contribution in [1.29, 1.82) is 0 Å². The van der Waals surface area contributed by atoms with Crippen LogP contribution in [0.25, 0.3) is 0 Å². The molecule has 0 amide bonds. The fourth-order valence-corrected chi connectivity index (χ4v) is 5.54. The fraction of sp³-hybridized carbons (Fsp3) is 0.526. The lowest BCUT2D eigenvalue weighted by molar-refractivity contribution is -0.121. The SMILES string of the molecule is C=CC[C@H]1C[C@H](C(C)C)[C@H](C(C)=O)N1S(=O)(=O)c1ccc(C)cc1. The van der Waals surface area contributed by atoms with Crippen molar-refractivity contribution in [3.63, 3.8) is 0 Å². The number of rotatable bonds is 6. The number of aryl methyl sites for hydroxylation is 1. The topological polar surface area (TPSA) is 54.5 Å². The second kappa shape index (κ2) is 7.19. The van der Waals surface area contributed by atoms with Gasteiger partial charge in [-0.2, -0.15) is 4.31 Å². The quantitative estimate of drug-likeness (QED) is 0.738. The Balaban J connectivity index is 2.53. The summed E-state index contributed by atoms with van der Waals surface area (Å²) in [6.07, 6.45) is 2.99. The van der Waals surface area contributed by atoms with E-state index in [0.717, 1.165) is 5.56 Å². The molecule has 1 saturated heterocycles. The number of benzene rings is 1. The molecular formula is C19H27NO3S. The number of hydrogen-bond donors (Lipinski definition) is 0. The minimum atomic E-state index is -3.72. The second-order valence-electron chi connectivity index (χ2n) is 7.03. The van der Waals surface area contributed by atoms with E-state index in [9.17, 15) is 13.2 Å². The summed E-state index contributed by atoms with van der Waals surface area (Å²) in [5.74, 6) is 0.188. The maximum Gasteiger partial charge on any atom is 0.244 e. The van der Waals surface area contributed by atoms with Gasteiger partial charge >= 0.3 is 0 Å². The largest absolute Gasteiger partial charge is 0.298 e. The van der Waals surface area contributed by atoms with Crippen molar-refractivity contribution in [2.24, 2.45) is 11.8 Å². The first kappa shape index (κ1) is 18.9. The highest BCUT2D eigenvalue weighted by molar-refractivity contribution is 7.89. The van der Waals surface area contributed by atoms with Gasteiger partial charge in [-0.05, 0) is 50.7 Å². The van der Waals surface area contributed by atoms with Crippen molar-refractivity contribution in [1.82, 2.24) is 4.31 Å².